The fraction of sp³-hybridized carbons (Fsp3) is 0.364. The first kappa shape index (κ1) is 11.9. The topological polar surface area (TPSA) is 46.5 Å². The van der Waals surface area contributed by atoms with Crippen LogP contribution in [0.3, 0.4) is 0 Å². The van der Waals surface area contributed by atoms with E-state index in [0.717, 1.165) is 17.1 Å². The number of phenolic OH excluding ortho intramolecular Hbond substituents is 1. The maximum atomic E-state index is 10.8. The van der Waals surface area contributed by atoms with Gasteiger partial charge in [-0.1, -0.05) is 0 Å². The summed E-state index contributed by atoms with van der Waals surface area (Å²) in [6.45, 7) is 0. The molecule has 0 radical (unpaired) electrons. The second-order valence-corrected chi connectivity index (χ2v) is 4.19. The monoisotopic (exact) mass is 226 g/mol. The number of hydrogen-bond acceptors (Lipinski definition) is 4. The van der Waals surface area contributed by atoms with Gasteiger partial charge in [-0.25, -0.2) is 0 Å². The predicted octanol–water partition coefficient (Wildman–Crippen LogP) is 2.44. The van der Waals surface area contributed by atoms with E-state index in [-0.39, 0.29) is 11.7 Å². The summed E-state index contributed by atoms with van der Waals surface area (Å²) in [4.78, 5) is 11.9. The van der Waals surface area contributed by atoms with E-state index in [4.69, 9.17) is 5.11 Å². The van der Waals surface area contributed by atoms with Gasteiger partial charge in [-0.3, -0.25) is 4.79 Å². The highest BCUT2D eigenvalue weighted by atomic mass is 32.2. The van der Waals surface area contributed by atoms with E-state index < -0.39 is 0 Å². The summed E-state index contributed by atoms with van der Waals surface area (Å²) in [6.07, 6.45) is 1.26. The van der Waals surface area contributed by atoms with Crippen LogP contribution in [0.1, 0.15) is 12.8 Å². The molecule has 0 aliphatic heterocycles. The molecule has 0 heterocycles. The average Bonchev–Trinajstić information content (AvgIpc) is 2.26. The highest BCUT2D eigenvalue weighted by Gasteiger charge is 2.00. The van der Waals surface area contributed by atoms with Crippen LogP contribution in [-0.2, 0) is 9.53 Å². The molecule has 1 aromatic carbocycles. The van der Waals surface area contributed by atoms with Crippen molar-refractivity contribution in [1.82, 2.24) is 0 Å². The largest absolute Gasteiger partial charge is 0.508 e. The van der Waals surface area contributed by atoms with Crippen LogP contribution in [0.25, 0.3) is 0 Å². The Morgan fingerprint density at radius 1 is 1.40 bits per heavy atom. The molecule has 0 atom stereocenters. The number of carbonyl (C=O) groups excluding carboxylic acids is 1. The molecular weight excluding hydrogens is 212 g/mol. The summed E-state index contributed by atoms with van der Waals surface area (Å²) >= 11 is 1.66. The Bertz CT molecular complexity index is 308. The van der Waals surface area contributed by atoms with Crippen molar-refractivity contribution in [2.45, 2.75) is 17.7 Å². The number of methoxy groups -OCH3 is 1. The molecule has 0 aliphatic rings. The van der Waals surface area contributed by atoms with Gasteiger partial charge in [0.2, 0.25) is 0 Å². The quantitative estimate of drug-likeness (QED) is 0.476. The number of benzene rings is 1. The SMILES string of the molecule is COC(=O)CCCSc1ccc(O)cc1. The first-order chi connectivity index (χ1) is 7.22. The minimum atomic E-state index is -0.165. The van der Waals surface area contributed by atoms with E-state index in [1.165, 1.54) is 7.11 Å². The number of ether oxygens (including phenoxy) is 1. The fourth-order valence-electron chi connectivity index (χ4n) is 1.05. The van der Waals surface area contributed by atoms with Gasteiger partial charge in [0.25, 0.3) is 0 Å². The normalized spacial score (nSPS) is 9.93. The number of phenols is 1. The van der Waals surface area contributed by atoms with Crippen molar-refractivity contribution >= 4 is 17.7 Å². The predicted molar refractivity (Wildman–Crippen MR) is 60.1 cm³/mol. The average molecular weight is 226 g/mol. The lowest BCUT2D eigenvalue weighted by molar-refractivity contribution is -0.140. The molecule has 15 heavy (non-hydrogen) atoms. The molecule has 1 N–H and O–H groups in total. The van der Waals surface area contributed by atoms with E-state index in [9.17, 15) is 4.79 Å². The zero-order valence-electron chi connectivity index (χ0n) is 8.60. The summed E-state index contributed by atoms with van der Waals surface area (Å²) < 4.78 is 4.54. The third kappa shape index (κ3) is 4.74. The van der Waals surface area contributed by atoms with Gasteiger partial charge in [0.15, 0.2) is 0 Å². The Morgan fingerprint density at radius 3 is 2.67 bits per heavy atom. The molecule has 0 saturated carbocycles. The molecule has 0 aliphatic carbocycles. The number of esters is 1. The molecule has 0 amide bonds. The number of aromatic hydroxyl groups is 1. The van der Waals surface area contributed by atoms with Crippen molar-refractivity contribution in [2.75, 3.05) is 12.9 Å². The van der Waals surface area contributed by atoms with Gasteiger partial charge in [-0.05, 0) is 36.4 Å². The van der Waals surface area contributed by atoms with Crippen molar-refractivity contribution in [2.24, 2.45) is 0 Å². The van der Waals surface area contributed by atoms with Crippen LogP contribution in [0, 0.1) is 0 Å². The molecule has 3 nitrogen and oxygen atoms in total. The fourth-order valence-corrected chi connectivity index (χ4v) is 1.90. The number of rotatable bonds is 5. The van der Waals surface area contributed by atoms with Gasteiger partial charge in [-0.2, -0.15) is 0 Å². The summed E-state index contributed by atoms with van der Waals surface area (Å²) in [5.74, 6) is 0.982. The van der Waals surface area contributed by atoms with Gasteiger partial charge >= 0.3 is 5.97 Å². The Hall–Kier alpha value is -1.16. The van der Waals surface area contributed by atoms with Crippen molar-refractivity contribution in [3.63, 3.8) is 0 Å². The molecule has 0 saturated heterocycles. The first-order valence-corrected chi connectivity index (χ1v) is 5.69. The van der Waals surface area contributed by atoms with Gasteiger partial charge in [0.05, 0.1) is 7.11 Å². The summed E-state index contributed by atoms with van der Waals surface area (Å²) in [6, 6.07) is 7.03. The van der Waals surface area contributed by atoms with Crippen LogP contribution >= 0.6 is 11.8 Å². The second-order valence-electron chi connectivity index (χ2n) is 3.02. The third-order valence-electron chi connectivity index (χ3n) is 1.86. The van der Waals surface area contributed by atoms with E-state index >= 15 is 0 Å². The van der Waals surface area contributed by atoms with Crippen LogP contribution in [0.15, 0.2) is 29.2 Å². The second kappa shape index (κ2) is 6.35. The van der Waals surface area contributed by atoms with Gasteiger partial charge in [0, 0.05) is 11.3 Å². The summed E-state index contributed by atoms with van der Waals surface area (Å²) in [7, 11) is 1.40. The maximum Gasteiger partial charge on any atom is 0.305 e. The van der Waals surface area contributed by atoms with Gasteiger partial charge < -0.3 is 9.84 Å². The van der Waals surface area contributed by atoms with Crippen molar-refractivity contribution < 1.29 is 14.6 Å². The Balaban J connectivity index is 2.20. The van der Waals surface area contributed by atoms with Crippen LogP contribution < -0.4 is 0 Å². The minimum absolute atomic E-state index is 0.165. The summed E-state index contributed by atoms with van der Waals surface area (Å²) in [5, 5.41) is 9.06. The maximum absolute atomic E-state index is 10.8. The molecule has 0 fully saturated rings. The minimum Gasteiger partial charge on any atom is -0.508 e. The molecule has 82 valence electrons. The van der Waals surface area contributed by atoms with Crippen molar-refractivity contribution in [1.29, 1.82) is 0 Å². The van der Waals surface area contributed by atoms with E-state index in [0.29, 0.717) is 6.42 Å². The van der Waals surface area contributed by atoms with E-state index in [2.05, 4.69) is 4.74 Å². The lowest BCUT2D eigenvalue weighted by atomic mass is 10.3. The van der Waals surface area contributed by atoms with Crippen molar-refractivity contribution in [3.8, 4) is 5.75 Å². The molecule has 0 bridgehead atoms. The lowest BCUT2D eigenvalue weighted by Gasteiger charge is -2.01. The zero-order valence-corrected chi connectivity index (χ0v) is 9.42. The molecule has 1 aromatic rings. The lowest BCUT2D eigenvalue weighted by Crippen LogP contribution is -1.99. The molecule has 1 rings (SSSR count). The molecule has 4 heteroatoms. The third-order valence-corrected chi connectivity index (χ3v) is 2.96. The Labute approximate surface area is 93.4 Å². The zero-order chi connectivity index (χ0) is 11.1. The summed E-state index contributed by atoms with van der Waals surface area (Å²) in [5.41, 5.74) is 0. The van der Waals surface area contributed by atoms with Crippen molar-refractivity contribution in [3.05, 3.63) is 24.3 Å². The highest BCUT2D eigenvalue weighted by Crippen LogP contribution is 2.21. The van der Waals surface area contributed by atoms with E-state index in [1.807, 2.05) is 12.1 Å². The van der Waals surface area contributed by atoms with Crippen LogP contribution in [0.5, 0.6) is 5.75 Å². The molecule has 0 unspecified atom stereocenters. The Morgan fingerprint density at radius 2 is 2.07 bits per heavy atom. The van der Waals surface area contributed by atoms with Crippen LogP contribution in [0.2, 0.25) is 0 Å². The first-order valence-electron chi connectivity index (χ1n) is 4.71. The highest BCUT2D eigenvalue weighted by molar-refractivity contribution is 7.99. The Kier molecular flexibility index (Phi) is 5.04. The number of hydrogen-bond donors (Lipinski definition) is 1. The smallest absolute Gasteiger partial charge is 0.305 e. The number of thioether (sulfide) groups is 1. The van der Waals surface area contributed by atoms with E-state index in [1.54, 1.807) is 23.9 Å². The molecular formula is C11H14O3S. The van der Waals surface area contributed by atoms with Gasteiger partial charge in [-0.15, -0.1) is 11.8 Å². The van der Waals surface area contributed by atoms with Crippen LogP contribution in [0.4, 0.5) is 0 Å². The number of carbonyl (C=O) groups is 1. The van der Waals surface area contributed by atoms with Crippen LogP contribution in [-0.4, -0.2) is 23.9 Å². The molecule has 0 spiro atoms. The van der Waals surface area contributed by atoms with Gasteiger partial charge in [0.1, 0.15) is 5.75 Å². The molecule has 0 aromatic heterocycles. The standard InChI is InChI=1S/C11H14O3S/c1-14-11(13)3-2-8-15-10-6-4-9(12)5-7-10/h4-7,12H,2-3,8H2,1H3.